The van der Waals surface area contributed by atoms with Gasteiger partial charge >= 0.3 is 12.4 Å². The van der Waals surface area contributed by atoms with Crippen LogP contribution >= 0.6 is 0 Å². The van der Waals surface area contributed by atoms with Crippen LogP contribution in [-0.4, -0.2) is 43.3 Å². The third-order valence-corrected chi connectivity index (χ3v) is 5.19. The average molecular weight is 496 g/mol. The van der Waals surface area contributed by atoms with Gasteiger partial charge in [-0.15, -0.1) is 23.4 Å². The van der Waals surface area contributed by atoms with Crippen molar-refractivity contribution < 1.29 is 22.7 Å². The summed E-state index contributed by atoms with van der Waals surface area (Å²) in [7, 11) is 0. The molecule has 0 saturated heterocycles. The minimum Gasteiger partial charge on any atom is -0.406 e. The second kappa shape index (κ2) is 10.5. The van der Waals surface area contributed by atoms with Gasteiger partial charge in [0.2, 0.25) is 0 Å². The van der Waals surface area contributed by atoms with Gasteiger partial charge in [-0.3, -0.25) is 0 Å². The summed E-state index contributed by atoms with van der Waals surface area (Å²) in [5, 5.41) is 15.4. The van der Waals surface area contributed by atoms with Crippen molar-refractivity contribution in [3.63, 3.8) is 0 Å². The van der Waals surface area contributed by atoms with Crippen LogP contribution in [0.15, 0.2) is 79.1 Å². The molecule has 0 radical (unpaired) electrons. The standard InChI is InChI=1S/C25H23F3N6O2/c1-17(2)33(24(35)30-20-7-9-21(10-8-20)36-25(26,27)28)16-18-5-3-6-19(15-18)22-11-12-23(32-31-22)34-14-4-13-29-34/h3-15,17H,16H2,1-2H3,(H,30,35). The Hall–Kier alpha value is -4.41. The second-order valence-corrected chi connectivity index (χ2v) is 8.15. The molecule has 0 aliphatic carbocycles. The summed E-state index contributed by atoms with van der Waals surface area (Å²) < 4.78 is 42.5. The molecule has 1 N–H and O–H groups in total. The van der Waals surface area contributed by atoms with E-state index in [9.17, 15) is 18.0 Å². The van der Waals surface area contributed by atoms with Gasteiger partial charge < -0.3 is 15.0 Å². The van der Waals surface area contributed by atoms with E-state index in [1.165, 1.54) is 12.1 Å². The van der Waals surface area contributed by atoms with Gasteiger partial charge in [-0.05, 0) is 67.9 Å². The summed E-state index contributed by atoms with van der Waals surface area (Å²) in [4.78, 5) is 14.6. The van der Waals surface area contributed by atoms with Crippen LogP contribution in [0.3, 0.4) is 0 Å². The fraction of sp³-hybridized carbons (Fsp3) is 0.200. The van der Waals surface area contributed by atoms with E-state index in [1.807, 2.05) is 50.2 Å². The number of ether oxygens (including phenoxy) is 1. The third kappa shape index (κ3) is 6.38. The number of anilines is 1. The zero-order chi connectivity index (χ0) is 25.7. The van der Waals surface area contributed by atoms with Gasteiger partial charge in [-0.1, -0.05) is 18.2 Å². The van der Waals surface area contributed by atoms with Crippen LogP contribution < -0.4 is 10.1 Å². The summed E-state index contributed by atoms with van der Waals surface area (Å²) in [5.74, 6) is 0.236. The Kier molecular flexibility index (Phi) is 7.18. The van der Waals surface area contributed by atoms with Crippen molar-refractivity contribution in [1.82, 2.24) is 24.9 Å². The number of benzene rings is 2. The summed E-state index contributed by atoms with van der Waals surface area (Å²) in [5.41, 5.74) is 2.75. The predicted molar refractivity (Wildman–Crippen MR) is 127 cm³/mol. The maximum absolute atomic E-state index is 13.0. The molecule has 0 spiro atoms. The van der Waals surface area contributed by atoms with Gasteiger partial charge in [-0.2, -0.15) is 5.10 Å². The molecule has 0 saturated carbocycles. The van der Waals surface area contributed by atoms with E-state index in [0.717, 1.165) is 23.3 Å². The summed E-state index contributed by atoms with van der Waals surface area (Å²) >= 11 is 0. The average Bonchev–Trinajstić information content (AvgIpc) is 3.38. The van der Waals surface area contributed by atoms with Crippen molar-refractivity contribution in [3.05, 3.63) is 84.7 Å². The lowest BCUT2D eigenvalue weighted by molar-refractivity contribution is -0.274. The molecule has 11 heteroatoms. The molecule has 2 aromatic carbocycles. The highest BCUT2D eigenvalue weighted by molar-refractivity contribution is 5.89. The molecule has 0 unspecified atom stereocenters. The fourth-order valence-electron chi connectivity index (χ4n) is 3.46. The van der Waals surface area contributed by atoms with Crippen LogP contribution in [0.5, 0.6) is 5.75 Å². The Morgan fingerprint density at radius 3 is 2.44 bits per heavy atom. The number of carbonyl (C=O) groups is 1. The number of hydrogen-bond donors (Lipinski definition) is 1. The number of amides is 2. The van der Waals surface area contributed by atoms with Crippen molar-refractivity contribution in [1.29, 1.82) is 0 Å². The molecular formula is C25H23F3N6O2. The maximum atomic E-state index is 13.0. The summed E-state index contributed by atoms with van der Waals surface area (Å²) in [6.45, 7) is 4.07. The first-order chi connectivity index (χ1) is 17.2. The number of urea groups is 1. The number of nitrogens with one attached hydrogen (secondary N) is 1. The summed E-state index contributed by atoms with van der Waals surface area (Å²) in [6, 6.07) is 17.6. The molecule has 36 heavy (non-hydrogen) atoms. The molecule has 2 amide bonds. The molecule has 2 heterocycles. The number of carbonyl (C=O) groups excluding carboxylic acids is 1. The molecule has 2 aromatic heterocycles. The molecule has 0 bridgehead atoms. The normalized spacial score (nSPS) is 11.4. The van der Waals surface area contributed by atoms with E-state index >= 15 is 0 Å². The van der Waals surface area contributed by atoms with Crippen molar-refractivity contribution in [3.8, 4) is 22.8 Å². The Bertz CT molecular complexity index is 1290. The largest absolute Gasteiger partial charge is 0.573 e. The maximum Gasteiger partial charge on any atom is 0.573 e. The SMILES string of the molecule is CC(C)N(Cc1cccc(-c2ccc(-n3cccn3)nn2)c1)C(=O)Nc1ccc(OC(F)(F)F)cc1. The molecule has 0 aliphatic rings. The molecular weight excluding hydrogens is 473 g/mol. The third-order valence-electron chi connectivity index (χ3n) is 5.19. The van der Waals surface area contributed by atoms with E-state index in [2.05, 4.69) is 25.3 Å². The highest BCUT2D eigenvalue weighted by atomic mass is 19.4. The van der Waals surface area contributed by atoms with E-state index in [1.54, 1.807) is 28.0 Å². The lowest BCUT2D eigenvalue weighted by Gasteiger charge is -2.27. The molecule has 186 valence electrons. The van der Waals surface area contributed by atoms with Crippen LogP contribution in [0.2, 0.25) is 0 Å². The topological polar surface area (TPSA) is 85.2 Å². The summed E-state index contributed by atoms with van der Waals surface area (Å²) in [6.07, 6.45) is -1.34. The van der Waals surface area contributed by atoms with Crippen LogP contribution in [-0.2, 0) is 6.54 Å². The van der Waals surface area contributed by atoms with E-state index < -0.39 is 6.36 Å². The van der Waals surface area contributed by atoms with Crippen LogP contribution in [0, 0.1) is 0 Å². The lowest BCUT2D eigenvalue weighted by atomic mass is 10.1. The molecule has 4 aromatic rings. The monoisotopic (exact) mass is 496 g/mol. The Morgan fingerprint density at radius 2 is 1.83 bits per heavy atom. The zero-order valence-corrected chi connectivity index (χ0v) is 19.5. The second-order valence-electron chi connectivity index (χ2n) is 8.15. The van der Waals surface area contributed by atoms with Crippen molar-refractivity contribution in [2.45, 2.75) is 32.8 Å². The van der Waals surface area contributed by atoms with Crippen molar-refractivity contribution >= 4 is 11.7 Å². The molecule has 0 fully saturated rings. The number of nitrogens with zero attached hydrogens (tertiary/aromatic N) is 5. The number of rotatable bonds is 7. The Morgan fingerprint density at radius 1 is 1.06 bits per heavy atom. The molecule has 0 aliphatic heterocycles. The first-order valence-corrected chi connectivity index (χ1v) is 11.0. The zero-order valence-electron chi connectivity index (χ0n) is 19.5. The minimum atomic E-state index is -4.78. The van der Waals surface area contributed by atoms with E-state index in [4.69, 9.17) is 0 Å². The smallest absolute Gasteiger partial charge is 0.406 e. The number of hydrogen-bond acceptors (Lipinski definition) is 5. The lowest BCUT2D eigenvalue weighted by Crippen LogP contribution is -2.39. The van der Waals surface area contributed by atoms with Crippen LogP contribution in [0.25, 0.3) is 17.1 Å². The predicted octanol–water partition coefficient (Wildman–Crippen LogP) is 5.67. The molecule has 0 atom stereocenters. The number of alkyl halides is 3. The fourth-order valence-corrected chi connectivity index (χ4v) is 3.46. The van der Waals surface area contributed by atoms with Crippen LogP contribution in [0.4, 0.5) is 23.7 Å². The van der Waals surface area contributed by atoms with Gasteiger partial charge in [0, 0.05) is 36.2 Å². The van der Waals surface area contributed by atoms with Gasteiger partial charge in [-0.25, -0.2) is 9.48 Å². The van der Waals surface area contributed by atoms with Gasteiger partial charge in [0.25, 0.3) is 0 Å². The van der Waals surface area contributed by atoms with Gasteiger partial charge in [0.15, 0.2) is 5.82 Å². The number of halogens is 3. The van der Waals surface area contributed by atoms with Crippen molar-refractivity contribution in [2.24, 2.45) is 0 Å². The highest BCUT2D eigenvalue weighted by Gasteiger charge is 2.31. The first kappa shape index (κ1) is 24.7. The van der Waals surface area contributed by atoms with Gasteiger partial charge in [0.05, 0.1) is 5.69 Å². The Balaban J connectivity index is 1.45. The first-order valence-electron chi connectivity index (χ1n) is 11.0. The quantitative estimate of drug-likeness (QED) is 0.356. The molecule has 8 nitrogen and oxygen atoms in total. The Labute approximate surface area is 205 Å². The van der Waals surface area contributed by atoms with Gasteiger partial charge in [0.1, 0.15) is 5.75 Å². The van der Waals surface area contributed by atoms with Crippen molar-refractivity contribution in [2.75, 3.05) is 5.32 Å². The highest BCUT2D eigenvalue weighted by Crippen LogP contribution is 2.25. The minimum absolute atomic E-state index is 0.144. The number of aromatic nitrogens is 4. The van der Waals surface area contributed by atoms with Crippen LogP contribution in [0.1, 0.15) is 19.4 Å². The van der Waals surface area contributed by atoms with E-state index in [0.29, 0.717) is 23.7 Å². The van der Waals surface area contributed by atoms with E-state index in [-0.39, 0.29) is 17.8 Å². The molecule has 4 rings (SSSR count).